The van der Waals surface area contributed by atoms with E-state index in [2.05, 4.69) is 66.6 Å². The summed E-state index contributed by atoms with van der Waals surface area (Å²) in [5.41, 5.74) is 0. The number of carbonyl (C=O) groups excluding carboxylic acids is 1. The van der Waals surface area contributed by atoms with Crippen LogP contribution in [0.25, 0.3) is 0 Å². The Hall–Kier alpha value is -1.94. The van der Waals surface area contributed by atoms with Crippen molar-refractivity contribution in [3.63, 3.8) is 0 Å². The van der Waals surface area contributed by atoms with E-state index in [1.54, 1.807) is 0 Å². The van der Waals surface area contributed by atoms with Crippen LogP contribution in [0.4, 0.5) is 0 Å². The SMILES string of the molecule is CCC/C=C\C/C=C\CCCCCCCC(=O)OC(COCCCCCCCCCCCCCCCC/C=C\C/C=C\CCCCCCC)COC1OC(CO)C(O)C(OS(=O)(=O)O)C1O. The van der Waals surface area contributed by atoms with Gasteiger partial charge in [0.2, 0.25) is 0 Å². The number of aliphatic hydroxyl groups excluding tert-OH is 3. The Balaban J connectivity index is 2.28. The van der Waals surface area contributed by atoms with Crippen LogP contribution in [0.2, 0.25) is 0 Å². The normalized spacial score (nSPS) is 19.9. The van der Waals surface area contributed by atoms with Crippen LogP contribution in [0.1, 0.15) is 219 Å². The molecule has 386 valence electrons. The minimum atomic E-state index is -5.07. The van der Waals surface area contributed by atoms with E-state index in [1.165, 1.54) is 122 Å². The van der Waals surface area contributed by atoms with Crippen LogP contribution in [0.15, 0.2) is 48.6 Å². The molecular weight excluding hydrogens is 861 g/mol. The highest BCUT2D eigenvalue weighted by atomic mass is 32.3. The van der Waals surface area contributed by atoms with Crippen LogP contribution >= 0.6 is 0 Å². The molecule has 13 heteroatoms. The smallest absolute Gasteiger partial charge is 0.397 e. The molecule has 0 bridgehead atoms. The van der Waals surface area contributed by atoms with Crippen molar-refractivity contribution < 1.29 is 56.2 Å². The molecule has 6 atom stereocenters. The Morgan fingerprint density at radius 3 is 1.50 bits per heavy atom. The van der Waals surface area contributed by atoms with Crippen LogP contribution in [-0.4, -0.2) is 97.5 Å². The molecule has 66 heavy (non-hydrogen) atoms. The van der Waals surface area contributed by atoms with Crippen molar-refractivity contribution in [2.75, 3.05) is 26.4 Å². The van der Waals surface area contributed by atoms with E-state index in [0.29, 0.717) is 13.0 Å². The molecule has 0 spiro atoms. The third-order valence-electron chi connectivity index (χ3n) is 11.9. The number of aliphatic hydroxyl groups is 3. The number of hydrogen-bond donors (Lipinski definition) is 4. The minimum absolute atomic E-state index is 0.0300. The van der Waals surface area contributed by atoms with Gasteiger partial charge in [0.15, 0.2) is 6.29 Å². The Bertz CT molecular complexity index is 1340. The lowest BCUT2D eigenvalue weighted by molar-refractivity contribution is -0.301. The van der Waals surface area contributed by atoms with Gasteiger partial charge in [-0.25, -0.2) is 4.18 Å². The van der Waals surface area contributed by atoms with Crippen LogP contribution < -0.4 is 0 Å². The average molecular weight is 957 g/mol. The number of hydrogen-bond acceptors (Lipinski definition) is 11. The van der Waals surface area contributed by atoms with Gasteiger partial charge in [-0.2, -0.15) is 8.42 Å². The summed E-state index contributed by atoms with van der Waals surface area (Å²) in [4.78, 5) is 12.9. The van der Waals surface area contributed by atoms with Gasteiger partial charge < -0.3 is 34.3 Å². The molecule has 0 saturated carbocycles. The van der Waals surface area contributed by atoms with Crippen molar-refractivity contribution in [1.29, 1.82) is 0 Å². The van der Waals surface area contributed by atoms with Crippen molar-refractivity contribution in [3.8, 4) is 0 Å². The van der Waals surface area contributed by atoms with Crippen molar-refractivity contribution >= 4 is 16.4 Å². The summed E-state index contributed by atoms with van der Waals surface area (Å²) in [6.45, 7) is 3.91. The zero-order valence-electron chi connectivity index (χ0n) is 41.5. The van der Waals surface area contributed by atoms with E-state index in [4.69, 9.17) is 18.9 Å². The molecule has 4 N–H and O–H groups in total. The van der Waals surface area contributed by atoms with Crippen molar-refractivity contribution in [2.24, 2.45) is 0 Å². The van der Waals surface area contributed by atoms with Gasteiger partial charge in [0.1, 0.15) is 30.5 Å². The first-order chi connectivity index (χ1) is 32.1. The maximum Gasteiger partial charge on any atom is 0.397 e. The van der Waals surface area contributed by atoms with Crippen LogP contribution in [0, 0.1) is 0 Å². The van der Waals surface area contributed by atoms with Gasteiger partial charge in [-0.15, -0.1) is 0 Å². The zero-order valence-corrected chi connectivity index (χ0v) is 42.3. The second-order valence-corrected chi connectivity index (χ2v) is 19.2. The van der Waals surface area contributed by atoms with E-state index in [0.717, 1.165) is 70.6 Å². The lowest BCUT2D eigenvalue weighted by atomic mass is 9.99. The molecule has 0 aromatic heterocycles. The zero-order chi connectivity index (χ0) is 48.2. The molecule has 0 aliphatic carbocycles. The van der Waals surface area contributed by atoms with Gasteiger partial charge in [-0.05, 0) is 70.6 Å². The highest BCUT2D eigenvalue weighted by Crippen LogP contribution is 2.26. The molecule has 1 rings (SSSR count). The fourth-order valence-corrected chi connectivity index (χ4v) is 8.43. The molecule has 1 aliphatic heterocycles. The maximum absolute atomic E-state index is 12.9. The lowest BCUT2D eigenvalue weighted by Crippen LogP contribution is -2.60. The monoisotopic (exact) mass is 957 g/mol. The second kappa shape index (κ2) is 44.3. The molecule has 0 aromatic rings. The topological polar surface area (TPSA) is 178 Å². The van der Waals surface area contributed by atoms with Gasteiger partial charge in [0.25, 0.3) is 0 Å². The summed E-state index contributed by atoms with van der Waals surface area (Å²) in [6, 6.07) is 0. The summed E-state index contributed by atoms with van der Waals surface area (Å²) < 4.78 is 59.2. The Morgan fingerprint density at radius 1 is 0.576 bits per heavy atom. The number of esters is 1. The van der Waals surface area contributed by atoms with E-state index in [1.807, 2.05) is 0 Å². The Labute approximate surface area is 402 Å². The second-order valence-electron chi connectivity index (χ2n) is 18.1. The third kappa shape index (κ3) is 37.0. The fraction of sp³-hybridized carbons (Fsp3) is 0.830. The largest absolute Gasteiger partial charge is 0.457 e. The van der Waals surface area contributed by atoms with Crippen LogP contribution in [-0.2, 0) is 38.3 Å². The molecule has 6 unspecified atom stereocenters. The number of allylic oxidation sites excluding steroid dienone is 8. The highest BCUT2D eigenvalue weighted by molar-refractivity contribution is 7.80. The Kier molecular flexibility index (Phi) is 41.6. The van der Waals surface area contributed by atoms with E-state index >= 15 is 0 Å². The molecule has 1 fully saturated rings. The maximum atomic E-state index is 12.9. The summed E-state index contributed by atoms with van der Waals surface area (Å²) in [7, 11) is -5.07. The van der Waals surface area contributed by atoms with E-state index in [9.17, 15) is 33.1 Å². The van der Waals surface area contributed by atoms with Gasteiger partial charge in [0.05, 0.1) is 19.8 Å². The summed E-state index contributed by atoms with van der Waals surface area (Å²) in [5.74, 6) is -0.413. The third-order valence-corrected chi connectivity index (χ3v) is 12.4. The summed E-state index contributed by atoms with van der Waals surface area (Å²) >= 11 is 0. The number of ether oxygens (including phenoxy) is 4. The van der Waals surface area contributed by atoms with Crippen molar-refractivity contribution in [2.45, 2.75) is 256 Å². The quantitative estimate of drug-likeness (QED) is 0.0197. The molecule has 1 saturated heterocycles. The summed E-state index contributed by atoms with van der Waals surface area (Å²) in [5, 5.41) is 30.7. The van der Waals surface area contributed by atoms with Crippen LogP contribution in [0.5, 0.6) is 0 Å². The van der Waals surface area contributed by atoms with Gasteiger partial charge in [-0.1, -0.05) is 191 Å². The van der Waals surface area contributed by atoms with E-state index < -0.39 is 59.8 Å². The van der Waals surface area contributed by atoms with E-state index in [-0.39, 0.29) is 19.6 Å². The first-order valence-corrected chi connectivity index (χ1v) is 27.8. The number of carbonyl (C=O) groups is 1. The van der Waals surface area contributed by atoms with Gasteiger partial charge >= 0.3 is 16.4 Å². The van der Waals surface area contributed by atoms with Gasteiger partial charge in [0, 0.05) is 13.0 Å². The van der Waals surface area contributed by atoms with Crippen molar-refractivity contribution in [3.05, 3.63) is 48.6 Å². The molecule has 0 amide bonds. The standard InChI is InChI=1S/C53H96O12S/c1-3-5-7-9-11-13-15-17-18-19-20-21-22-23-24-25-26-27-28-29-31-33-35-37-39-41-43-61-45-47(46-62-53-51(57)52(65-66(58,59)60)50(56)48(44-54)64-53)63-49(55)42-40-38-36-34-32-30-16-14-12-10-8-6-4-2/h8,10,14-17,19-20,47-48,50-54,56-57H,3-7,9,11-13,18,21-46H2,1-2H3,(H,58,59,60)/b10-8-,16-14-,17-15-,20-19-. The lowest BCUT2D eigenvalue weighted by Gasteiger charge is -2.41. The van der Waals surface area contributed by atoms with Crippen molar-refractivity contribution in [1.82, 2.24) is 0 Å². The summed E-state index contributed by atoms with van der Waals surface area (Å²) in [6.07, 6.45) is 45.8. The highest BCUT2D eigenvalue weighted by Gasteiger charge is 2.48. The predicted molar refractivity (Wildman–Crippen MR) is 266 cm³/mol. The first-order valence-electron chi connectivity index (χ1n) is 26.4. The Morgan fingerprint density at radius 2 is 1.03 bits per heavy atom. The first kappa shape index (κ1) is 62.1. The number of unbranched alkanes of at least 4 members (excludes halogenated alkanes) is 25. The molecule has 0 radical (unpaired) electrons. The fourth-order valence-electron chi connectivity index (χ4n) is 7.92. The number of rotatable bonds is 46. The van der Waals surface area contributed by atoms with Crippen LogP contribution in [0.3, 0.4) is 0 Å². The minimum Gasteiger partial charge on any atom is -0.457 e. The molecule has 0 aromatic carbocycles. The molecule has 1 aliphatic rings. The average Bonchev–Trinajstić information content (AvgIpc) is 3.29. The molecular formula is C53H96O12S. The molecule has 1 heterocycles. The van der Waals surface area contributed by atoms with Gasteiger partial charge in [-0.3, -0.25) is 9.35 Å². The molecule has 12 nitrogen and oxygen atoms in total. The predicted octanol–water partition coefficient (Wildman–Crippen LogP) is 12.3.